The predicted octanol–water partition coefficient (Wildman–Crippen LogP) is 8.09. The molecule has 2 rings (SSSR count). The first kappa shape index (κ1) is 36.4. The third-order valence-corrected chi connectivity index (χ3v) is 7.43. The van der Waals surface area contributed by atoms with Crippen molar-refractivity contribution >= 4 is 23.6 Å². The normalized spacial score (nSPS) is 12.6. The molecule has 2 atom stereocenters. The van der Waals surface area contributed by atoms with Crippen molar-refractivity contribution < 1.29 is 19.1 Å². The Balaban J connectivity index is 2.62. The molecular formula is C37H53N3O4. The molecule has 44 heavy (non-hydrogen) atoms. The fraction of sp³-hybridized carbons (Fsp3) is 0.541. The third-order valence-electron chi connectivity index (χ3n) is 7.43. The van der Waals surface area contributed by atoms with Crippen LogP contribution in [-0.2, 0) is 14.3 Å². The van der Waals surface area contributed by atoms with Crippen molar-refractivity contribution in [1.29, 1.82) is 0 Å². The summed E-state index contributed by atoms with van der Waals surface area (Å²) < 4.78 is 5.52. The number of hydrogen-bond donors (Lipinski definition) is 2. The molecule has 0 aliphatic rings. The van der Waals surface area contributed by atoms with Crippen molar-refractivity contribution in [3.05, 3.63) is 64.7 Å². The second-order valence-corrected chi connectivity index (χ2v) is 13.0. The first-order chi connectivity index (χ1) is 20.8. The van der Waals surface area contributed by atoms with Crippen molar-refractivity contribution in [1.82, 2.24) is 10.2 Å². The van der Waals surface area contributed by atoms with E-state index in [0.717, 1.165) is 43.2 Å². The maximum Gasteiger partial charge on any atom is 0.408 e. The summed E-state index contributed by atoms with van der Waals surface area (Å²) in [6.45, 7) is 15.7. The number of terminal acetylenes is 1. The van der Waals surface area contributed by atoms with Crippen LogP contribution in [0.2, 0.25) is 0 Å². The Morgan fingerprint density at radius 3 is 2.14 bits per heavy atom. The van der Waals surface area contributed by atoms with Gasteiger partial charge in [-0.05, 0) is 76.1 Å². The van der Waals surface area contributed by atoms with Gasteiger partial charge in [-0.25, -0.2) is 4.79 Å². The first-order valence-electron chi connectivity index (χ1n) is 16.0. The highest BCUT2D eigenvalue weighted by atomic mass is 16.6. The van der Waals surface area contributed by atoms with Crippen LogP contribution in [0.5, 0.6) is 0 Å². The second-order valence-electron chi connectivity index (χ2n) is 13.0. The minimum Gasteiger partial charge on any atom is -0.444 e. The van der Waals surface area contributed by atoms with E-state index in [1.54, 1.807) is 31.7 Å². The lowest BCUT2D eigenvalue weighted by Gasteiger charge is -2.35. The summed E-state index contributed by atoms with van der Waals surface area (Å²) in [7, 11) is 0. The van der Waals surface area contributed by atoms with Gasteiger partial charge in [-0.2, -0.15) is 0 Å². The number of alkyl carbamates (subject to hydrolysis) is 1. The molecule has 0 radical (unpaired) electrons. The number of para-hydroxylation sites is 1. The second kappa shape index (κ2) is 17.5. The lowest BCUT2D eigenvalue weighted by atomic mass is 9.95. The zero-order valence-corrected chi connectivity index (χ0v) is 28.1. The Hall–Kier alpha value is -3.79. The van der Waals surface area contributed by atoms with Crippen LogP contribution >= 0.6 is 0 Å². The molecule has 7 heteroatoms. The summed E-state index contributed by atoms with van der Waals surface area (Å²) in [5, 5.41) is 5.94. The monoisotopic (exact) mass is 603 g/mol. The number of ether oxygens (including phenoxy) is 1. The molecule has 0 bridgehead atoms. The van der Waals surface area contributed by atoms with E-state index in [-0.39, 0.29) is 17.7 Å². The van der Waals surface area contributed by atoms with E-state index in [1.165, 1.54) is 0 Å². The molecular weight excluding hydrogens is 550 g/mol. The zero-order valence-electron chi connectivity index (χ0n) is 28.1. The molecule has 2 N–H and O–H groups in total. The van der Waals surface area contributed by atoms with E-state index in [4.69, 9.17) is 11.2 Å². The molecule has 0 aromatic heterocycles. The Morgan fingerprint density at radius 2 is 1.55 bits per heavy atom. The zero-order chi connectivity index (χ0) is 32.9. The molecule has 0 aliphatic heterocycles. The molecule has 7 nitrogen and oxygen atoms in total. The minimum absolute atomic E-state index is 0.0923. The predicted molar refractivity (Wildman–Crippen MR) is 179 cm³/mol. The van der Waals surface area contributed by atoms with Crippen LogP contribution in [0.1, 0.15) is 115 Å². The maximum absolute atomic E-state index is 14.6. The third kappa shape index (κ3) is 11.4. The van der Waals surface area contributed by atoms with Crippen LogP contribution in [0.25, 0.3) is 0 Å². The fourth-order valence-electron chi connectivity index (χ4n) is 5.29. The van der Waals surface area contributed by atoms with Gasteiger partial charge < -0.3 is 20.3 Å². The molecule has 0 heterocycles. The van der Waals surface area contributed by atoms with Crippen molar-refractivity contribution in [2.75, 3.05) is 11.9 Å². The molecule has 0 fully saturated rings. The van der Waals surface area contributed by atoms with Crippen molar-refractivity contribution in [2.24, 2.45) is 5.92 Å². The van der Waals surface area contributed by atoms with Gasteiger partial charge >= 0.3 is 6.09 Å². The largest absolute Gasteiger partial charge is 0.444 e. The molecule has 2 aromatic carbocycles. The Kier molecular flexibility index (Phi) is 14.5. The maximum atomic E-state index is 14.6. The lowest BCUT2D eigenvalue weighted by Crippen LogP contribution is -2.53. The number of anilines is 1. The summed E-state index contributed by atoms with van der Waals surface area (Å²) in [6, 6.07) is 11.2. The van der Waals surface area contributed by atoms with Crippen molar-refractivity contribution in [3.63, 3.8) is 0 Å². The molecule has 240 valence electrons. The number of nitrogens with zero attached hydrogens (tertiary/aromatic N) is 1. The average Bonchev–Trinajstić information content (AvgIpc) is 2.94. The Labute approximate surface area is 265 Å². The molecule has 2 aromatic rings. The van der Waals surface area contributed by atoms with E-state index in [0.29, 0.717) is 36.2 Å². The number of rotatable bonds is 15. The van der Waals surface area contributed by atoms with Gasteiger partial charge in [0.05, 0.1) is 0 Å². The fourth-order valence-corrected chi connectivity index (χ4v) is 5.29. The Morgan fingerprint density at radius 1 is 0.932 bits per heavy atom. The molecule has 0 aliphatic carbocycles. The summed E-state index contributed by atoms with van der Waals surface area (Å²) in [5.41, 5.74) is 2.92. The summed E-state index contributed by atoms with van der Waals surface area (Å²) in [6.07, 6.45) is 11.7. The van der Waals surface area contributed by atoms with E-state index in [9.17, 15) is 14.4 Å². The summed E-state index contributed by atoms with van der Waals surface area (Å²) in [5.74, 6) is 2.11. The first-order valence-corrected chi connectivity index (χ1v) is 16.0. The summed E-state index contributed by atoms with van der Waals surface area (Å²) in [4.78, 5) is 43.5. The topological polar surface area (TPSA) is 87.7 Å². The van der Waals surface area contributed by atoms with Crippen molar-refractivity contribution in [2.45, 2.75) is 118 Å². The highest BCUT2D eigenvalue weighted by molar-refractivity contribution is 6.00. The molecule has 3 amide bonds. The van der Waals surface area contributed by atoms with Gasteiger partial charge in [0, 0.05) is 17.8 Å². The van der Waals surface area contributed by atoms with Crippen LogP contribution in [-0.4, -0.2) is 41.0 Å². The number of benzene rings is 2. The van der Waals surface area contributed by atoms with Gasteiger partial charge in [-0.1, -0.05) is 95.2 Å². The van der Waals surface area contributed by atoms with Gasteiger partial charge in [-0.3, -0.25) is 9.59 Å². The molecule has 2 unspecified atom stereocenters. The highest BCUT2D eigenvalue weighted by Crippen LogP contribution is 2.30. The average molecular weight is 604 g/mol. The van der Waals surface area contributed by atoms with E-state index in [1.807, 2.05) is 64.1 Å². The molecule has 0 saturated heterocycles. The minimum atomic E-state index is -1.01. The van der Waals surface area contributed by atoms with Crippen LogP contribution in [0.15, 0.2) is 42.5 Å². The van der Waals surface area contributed by atoms with Crippen LogP contribution in [0.4, 0.5) is 10.5 Å². The smallest absolute Gasteiger partial charge is 0.408 e. The number of nitrogens with one attached hydrogen (secondary N) is 2. The van der Waals surface area contributed by atoms with Crippen LogP contribution in [0.3, 0.4) is 0 Å². The molecule has 0 spiro atoms. The SMILES string of the molecule is C#Cc1ccccc1C(C(=O)Nc1c(C)cccc1C)N(CCCCCCCC)C(=O)C(CC(C)C)NC(=O)OC(C)(C)C. The number of amides is 3. The van der Waals surface area contributed by atoms with E-state index >= 15 is 0 Å². The number of carbonyl (C=O) groups is 3. The number of unbranched alkanes of at least 4 members (excludes halogenated alkanes) is 5. The quantitative estimate of drug-likeness (QED) is 0.159. The van der Waals surface area contributed by atoms with Crippen LogP contribution < -0.4 is 10.6 Å². The Bertz CT molecular complexity index is 1270. The van der Waals surface area contributed by atoms with Gasteiger partial charge in [-0.15, -0.1) is 6.42 Å². The lowest BCUT2D eigenvalue weighted by molar-refractivity contribution is -0.141. The standard InChI is InChI=1S/C37H53N3O4/c1-10-12-13-14-15-18-24-40(35(42)31(25-26(3)4)38-36(43)44-37(7,8)9)33(30-23-17-16-22-29(30)11-2)34(41)39-32-27(5)20-19-21-28(32)6/h2,16-17,19-23,26,31,33H,10,12-15,18,24-25H2,1,3-9H3,(H,38,43)(H,39,41). The van der Waals surface area contributed by atoms with Crippen molar-refractivity contribution in [3.8, 4) is 12.3 Å². The van der Waals surface area contributed by atoms with Crippen LogP contribution in [0, 0.1) is 32.1 Å². The van der Waals surface area contributed by atoms with Gasteiger partial charge in [0.1, 0.15) is 17.7 Å². The van der Waals surface area contributed by atoms with Gasteiger partial charge in [0.2, 0.25) is 5.91 Å². The van der Waals surface area contributed by atoms with Gasteiger partial charge in [0.25, 0.3) is 5.91 Å². The van der Waals surface area contributed by atoms with Gasteiger partial charge in [0.15, 0.2) is 0 Å². The number of hydrogen-bond acceptors (Lipinski definition) is 4. The van der Waals surface area contributed by atoms with E-state index in [2.05, 4.69) is 23.5 Å². The number of aryl methyl sites for hydroxylation is 2. The number of carbonyl (C=O) groups excluding carboxylic acids is 3. The highest BCUT2D eigenvalue weighted by Gasteiger charge is 2.37. The summed E-state index contributed by atoms with van der Waals surface area (Å²) >= 11 is 0. The molecule has 0 saturated carbocycles. The van der Waals surface area contributed by atoms with E-state index < -0.39 is 23.8 Å².